The largest absolute Gasteiger partial charge is 0.433 e. The summed E-state index contributed by atoms with van der Waals surface area (Å²) >= 11 is 6.22. The molecule has 2 heterocycles. The summed E-state index contributed by atoms with van der Waals surface area (Å²) in [5.74, 6) is 0.471. The fraction of sp³-hybridized carbons (Fsp3) is 0.583. The third-order valence-corrected chi connectivity index (χ3v) is 7.81. The summed E-state index contributed by atoms with van der Waals surface area (Å²) < 4.78 is 41.0. The highest BCUT2D eigenvalue weighted by molar-refractivity contribution is 6.30. The van der Waals surface area contributed by atoms with Gasteiger partial charge in [0, 0.05) is 47.6 Å². The number of alkyl halides is 3. The van der Waals surface area contributed by atoms with Crippen molar-refractivity contribution in [2.24, 2.45) is 5.73 Å². The molecule has 0 amide bonds. The Morgan fingerprint density at radius 1 is 1.12 bits per heavy atom. The van der Waals surface area contributed by atoms with Gasteiger partial charge in [-0.3, -0.25) is 4.90 Å². The molecule has 2 aromatic rings. The topological polar surface area (TPSA) is 55.0 Å². The molecule has 3 aliphatic rings. The van der Waals surface area contributed by atoms with Crippen molar-refractivity contribution in [1.29, 1.82) is 0 Å². The molecule has 0 unspecified atom stereocenters. The molecule has 0 bridgehead atoms. The SMILES string of the molecule is NC[C@]1(c2cccc(Cl)c2)CC[C@H](N2CCc3c(nc(C4CC4)nc3C(F)(F)F)C2)CC1. The first kappa shape index (κ1) is 22.1. The molecule has 2 saturated carbocycles. The van der Waals surface area contributed by atoms with Crippen LogP contribution in [-0.4, -0.2) is 34.0 Å². The van der Waals surface area contributed by atoms with Crippen LogP contribution in [0.3, 0.4) is 0 Å². The molecule has 5 rings (SSSR count). The maximum atomic E-state index is 13.7. The first-order valence-electron chi connectivity index (χ1n) is 11.5. The van der Waals surface area contributed by atoms with Crippen molar-refractivity contribution in [2.75, 3.05) is 13.1 Å². The lowest BCUT2D eigenvalue weighted by molar-refractivity contribution is -0.142. The predicted molar refractivity (Wildman–Crippen MR) is 118 cm³/mol. The fourth-order valence-corrected chi connectivity index (χ4v) is 5.68. The molecule has 0 radical (unpaired) electrons. The van der Waals surface area contributed by atoms with Gasteiger partial charge in [0.15, 0.2) is 5.69 Å². The number of rotatable bonds is 4. The van der Waals surface area contributed by atoms with Crippen LogP contribution in [0.5, 0.6) is 0 Å². The molecule has 2 N–H and O–H groups in total. The quantitative estimate of drug-likeness (QED) is 0.673. The van der Waals surface area contributed by atoms with E-state index < -0.39 is 11.9 Å². The van der Waals surface area contributed by atoms with Crippen LogP contribution in [-0.2, 0) is 24.6 Å². The Hall–Kier alpha value is -1.70. The van der Waals surface area contributed by atoms with E-state index in [2.05, 4.69) is 20.9 Å². The van der Waals surface area contributed by atoms with Gasteiger partial charge >= 0.3 is 6.18 Å². The van der Waals surface area contributed by atoms with Crippen LogP contribution < -0.4 is 5.73 Å². The summed E-state index contributed by atoms with van der Waals surface area (Å²) in [6.45, 7) is 1.65. The molecule has 32 heavy (non-hydrogen) atoms. The number of hydrogen-bond donors (Lipinski definition) is 1. The van der Waals surface area contributed by atoms with Crippen molar-refractivity contribution in [3.8, 4) is 0 Å². The van der Waals surface area contributed by atoms with Gasteiger partial charge in [0.05, 0.1) is 5.69 Å². The highest BCUT2D eigenvalue weighted by atomic mass is 35.5. The minimum absolute atomic E-state index is 0.0835. The first-order chi connectivity index (χ1) is 15.3. The number of benzene rings is 1. The molecule has 172 valence electrons. The van der Waals surface area contributed by atoms with Gasteiger partial charge < -0.3 is 5.73 Å². The normalized spacial score (nSPS) is 26.7. The Bertz CT molecular complexity index is 997. The van der Waals surface area contributed by atoms with Crippen LogP contribution in [0.1, 0.15) is 72.8 Å². The molecule has 0 spiro atoms. The predicted octanol–water partition coefficient (Wildman–Crippen LogP) is 5.22. The standard InChI is InChI=1S/C24H28ClF3N4/c25-17-3-1-2-16(12-17)23(14-29)9-6-18(7-10-23)32-11-8-19-20(13-32)30-22(15-4-5-15)31-21(19)24(26,27)28/h1-3,12,15,18H,4-11,13-14,29H2/t18-,23-. The Morgan fingerprint density at radius 2 is 1.88 bits per heavy atom. The van der Waals surface area contributed by atoms with Crippen molar-refractivity contribution in [2.45, 2.75) is 75.0 Å². The Morgan fingerprint density at radius 3 is 2.50 bits per heavy atom. The number of halogens is 4. The van der Waals surface area contributed by atoms with E-state index in [1.807, 2.05) is 18.2 Å². The second-order valence-corrected chi connectivity index (χ2v) is 10.0. The van der Waals surface area contributed by atoms with Gasteiger partial charge in [-0.05, 0) is 62.6 Å². The van der Waals surface area contributed by atoms with Crippen molar-refractivity contribution in [3.05, 3.63) is 57.6 Å². The van der Waals surface area contributed by atoms with Gasteiger partial charge in [0.25, 0.3) is 0 Å². The van der Waals surface area contributed by atoms with Crippen molar-refractivity contribution in [1.82, 2.24) is 14.9 Å². The van der Waals surface area contributed by atoms with Crippen molar-refractivity contribution in [3.63, 3.8) is 0 Å². The minimum atomic E-state index is -4.43. The van der Waals surface area contributed by atoms with Gasteiger partial charge in [0.1, 0.15) is 5.82 Å². The number of nitrogens with two attached hydrogens (primary N) is 1. The third-order valence-electron chi connectivity index (χ3n) is 7.58. The first-order valence-corrected chi connectivity index (χ1v) is 11.8. The van der Waals surface area contributed by atoms with E-state index in [1.54, 1.807) is 0 Å². The van der Waals surface area contributed by atoms with Crippen LogP contribution in [0.25, 0.3) is 0 Å². The highest BCUT2D eigenvalue weighted by Crippen LogP contribution is 2.44. The molecule has 1 aliphatic heterocycles. The van der Waals surface area contributed by atoms with Crippen LogP contribution in [0.2, 0.25) is 5.02 Å². The Balaban J connectivity index is 1.34. The molecular weight excluding hydrogens is 437 g/mol. The zero-order valence-corrected chi connectivity index (χ0v) is 18.7. The fourth-order valence-electron chi connectivity index (χ4n) is 5.49. The molecule has 1 aromatic heterocycles. The summed E-state index contributed by atoms with van der Waals surface area (Å²) in [6, 6.07) is 8.29. The monoisotopic (exact) mass is 464 g/mol. The second kappa shape index (κ2) is 8.26. The Kier molecular flexibility index (Phi) is 5.71. The maximum Gasteiger partial charge on any atom is 0.433 e. The van der Waals surface area contributed by atoms with Crippen LogP contribution in [0.15, 0.2) is 24.3 Å². The van der Waals surface area contributed by atoms with E-state index in [0.29, 0.717) is 49.2 Å². The molecule has 2 fully saturated rings. The van der Waals surface area contributed by atoms with E-state index >= 15 is 0 Å². The number of aromatic nitrogens is 2. The van der Waals surface area contributed by atoms with Crippen molar-refractivity contribution < 1.29 is 13.2 Å². The van der Waals surface area contributed by atoms with E-state index in [4.69, 9.17) is 17.3 Å². The van der Waals surface area contributed by atoms with Crippen LogP contribution >= 0.6 is 11.6 Å². The van der Waals surface area contributed by atoms with Gasteiger partial charge in [-0.1, -0.05) is 23.7 Å². The second-order valence-electron chi connectivity index (χ2n) is 9.57. The van der Waals surface area contributed by atoms with Gasteiger partial charge in [-0.25, -0.2) is 9.97 Å². The van der Waals surface area contributed by atoms with E-state index in [0.717, 1.165) is 43.5 Å². The van der Waals surface area contributed by atoms with E-state index in [9.17, 15) is 13.2 Å². The lowest BCUT2D eigenvalue weighted by Crippen LogP contribution is -2.47. The van der Waals surface area contributed by atoms with Crippen molar-refractivity contribution >= 4 is 11.6 Å². The van der Waals surface area contributed by atoms with Crippen LogP contribution in [0, 0.1) is 0 Å². The molecule has 1 aromatic carbocycles. The number of hydrogen-bond acceptors (Lipinski definition) is 4. The van der Waals surface area contributed by atoms with Gasteiger partial charge in [-0.2, -0.15) is 13.2 Å². The minimum Gasteiger partial charge on any atom is -0.330 e. The van der Waals surface area contributed by atoms with Crippen LogP contribution in [0.4, 0.5) is 13.2 Å². The van der Waals surface area contributed by atoms with E-state index in [1.165, 1.54) is 5.56 Å². The lowest BCUT2D eigenvalue weighted by Gasteiger charge is -2.44. The molecule has 0 atom stereocenters. The summed E-state index contributed by atoms with van der Waals surface area (Å²) in [5, 5.41) is 0.719. The number of nitrogens with zero attached hydrogens (tertiary/aromatic N) is 3. The molecular formula is C24H28ClF3N4. The van der Waals surface area contributed by atoms with Gasteiger partial charge in [-0.15, -0.1) is 0 Å². The Labute approximate surface area is 191 Å². The van der Waals surface area contributed by atoms with E-state index in [-0.39, 0.29) is 11.3 Å². The molecule has 0 saturated heterocycles. The molecule has 8 heteroatoms. The zero-order valence-electron chi connectivity index (χ0n) is 18.0. The molecule has 2 aliphatic carbocycles. The summed E-state index contributed by atoms with van der Waals surface area (Å²) in [6.07, 6.45) is 1.51. The summed E-state index contributed by atoms with van der Waals surface area (Å²) in [4.78, 5) is 10.9. The van der Waals surface area contributed by atoms with Gasteiger partial charge in [0.2, 0.25) is 0 Å². The lowest BCUT2D eigenvalue weighted by atomic mass is 9.68. The highest BCUT2D eigenvalue weighted by Gasteiger charge is 2.42. The molecule has 4 nitrogen and oxygen atoms in total. The summed E-state index contributed by atoms with van der Waals surface area (Å²) in [7, 11) is 0. The summed E-state index contributed by atoms with van der Waals surface area (Å²) in [5.41, 5.74) is 7.50. The maximum absolute atomic E-state index is 13.7. The third kappa shape index (κ3) is 4.15. The average Bonchev–Trinajstić information content (AvgIpc) is 3.63. The zero-order chi connectivity index (χ0) is 22.5. The smallest absolute Gasteiger partial charge is 0.330 e. The average molecular weight is 465 g/mol. The number of fused-ring (bicyclic) bond motifs is 1.